The molecule has 1 aromatic carbocycles. The van der Waals surface area contributed by atoms with Gasteiger partial charge in [-0.2, -0.15) is 13.2 Å². The predicted molar refractivity (Wildman–Crippen MR) is 57.9 cm³/mol. The fraction of sp³-hybridized carbons (Fsp3) is 0.400. The summed E-state index contributed by atoms with van der Waals surface area (Å²) in [7, 11) is 0. The molecule has 0 fully saturated rings. The second kappa shape index (κ2) is 4.88. The van der Waals surface area contributed by atoms with Crippen LogP contribution in [0.3, 0.4) is 0 Å². The number of halogens is 4. The third-order valence-electron chi connectivity index (χ3n) is 1.86. The highest BCUT2D eigenvalue weighted by molar-refractivity contribution is 9.10. The molecule has 0 atom stereocenters. The molecule has 15 heavy (non-hydrogen) atoms. The molecule has 0 saturated carbocycles. The van der Waals surface area contributed by atoms with Crippen molar-refractivity contribution in [2.75, 3.05) is 11.9 Å². The van der Waals surface area contributed by atoms with Crippen LogP contribution < -0.4 is 5.32 Å². The summed E-state index contributed by atoms with van der Waals surface area (Å²) in [5.74, 6) is 0. The van der Waals surface area contributed by atoms with E-state index in [4.69, 9.17) is 0 Å². The Morgan fingerprint density at radius 2 is 2.00 bits per heavy atom. The van der Waals surface area contributed by atoms with E-state index in [0.29, 0.717) is 10.2 Å². The Morgan fingerprint density at radius 3 is 2.47 bits per heavy atom. The molecule has 0 aliphatic heterocycles. The molecule has 84 valence electrons. The zero-order valence-corrected chi connectivity index (χ0v) is 9.74. The molecule has 1 rings (SSSR count). The largest absolute Gasteiger partial charge is 0.416 e. The van der Waals surface area contributed by atoms with Gasteiger partial charge in [0.1, 0.15) is 0 Å². The Labute approximate surface area is 94.8 Å². The zero-order chi connectivity index (χ0) is 11.5. The van der Waals surface area contributed by atoms with Gasteiger partial charge in [-0.25, -0.2) is 0 Å². The zero-order valence-electron chi connectivity index (χ0n) is 8.16. The van der Waals surface area contributed by atoms with E-state index in [-0.39, 0.29) is 0 Å². The van der Waals surface area contributed by atoms with E-state index in [2.05, 4.69) is 21.2 Å². The average Bonchev–Trinajstić information content (AvgIpc) is 2.14. The summed E-state index contributed by atoms with van der Waals surface area (Å²) >= 11 is 3.11. The Kier molecular flexibility index (Phi) is 4.02. The molecule has 0 saturated heterocycles. The summed E-state index contributed by atoms with van der Waals surface area (Å²) in [6.45, 7) is 2.73. The maximum Gasteiger partial charge on any atom is 0.416 e. The van der Waals surface area contributed by atoms with Gasteiger partial charge in [0.2, 0.25) is 0 Å². The van der Waals surface area contributed by atoms with Gasteiger partial charge in [0, 0.05) is 16.7 Å². The SMILES string of the molecule is CCCNc1ccc(C(F)(F)F)cc1Br. The topological polar surface area (TPSA) is 12.0 Å². The van der Waals surface area contributed by atoms with Crippen molar-refractivity contribution in [1.29, 1.82) is 0 Å². The van der Waals surface area contributed by atoms with Crippen LogP contribution in [0, 0.1) is 0 Å². The van der Waals surface area contributed by atoms with Gasteiger partial charge in [0.25, 0.3) is 0 Å². The molecule has 1 N–H and O–H groups in total. The molecule has 1 aromatic rings. The van der Waals surface area contributed by atoms with E-state index >= 15 is 0 Å². The number of alkyl halides is 3. The van der Waals surface area contributed by atoms with Gasteiger partial charge in [-0.05, 0) is 40.5 Å². The molecule has 0 aliphatic rings. The number of rotatable bonds is 3. The van der Waals surface area contributed by atoms with Crippen molar-refractivity contribution >= 4 is 21.6 Å². The Hall–Kier alpha value is -0.710. The fourth-order valence-corrected chi connectivity index (χ4v) is 1.61. The summed E-state index contributed by atoms with van der Waals surface area (Å²) in [6.07, 6.45) is -3.36. The van der Waals surface area contributed by atoms with Gasteiger partial charge in [0.15, 0.2) is 0 Å². The lowest BCUT2D eigenvalue weighted by atomic mass is 10.2. The van der Waals surface area contributed by atoms with Crippen molar-refractivity contribution in [1.82, 2.24) is 0 Å². The lowest BCUT2D eigenvalue weighted by molar-refractivity contribution is -0.137. The van der Waals surface area contributed by atoms with Gasteiger partial charge >= 0.3 is 6.18 Å². The lowest BCUT2D eigenvalue weighted by Gasteiger charge is -2.11. The maximum atomic E-state index is 12.3. The Morgan fingerprint density at radius 1 is 1.33 bits per heavy atom. The van der Waals surface area contributed by atoms with Crippen LogP contribution in [0.5, 0.6) is 0 Å². The monoisotopic (exact) mass is 281 g/mol. The first-order valence-corrected chi connectivity index (χ1v) is 5.35. The molecule has 0 heterocycles. The van der Waals surface area contributed by atoms with E-state index in [9.17, 15) is 13.2 Å². The van der Waals surface area contributed by atoms with E-state index < -0.39 is 11.7 Å². The number of nitrogens with one attached hydrogen (secondary N) is 1. The van der Waals surface area contributed by atoms with Crippen LogP contribution in [0.4, 0.5) is 18.9 Å². The molecule has 0 aromatic heterocycles. The maximum absolute atomic E-state index is 12.3. The Balaban J connectivity index is 2.88. The van der Waals surface area contributed by atoms with Crippen molar-refractivity contribution in [3.63, 3.8) is 0 Å². The van der Waals surface area contributed by atoms with E-state index in [1.807, 2.05) is 6.92 Å². The molecule has 0 unspecified atom stereocenters. The first kappa shape index (κ1) is 12.4. The average molecular weight is 282 g/mol. The van der Waals surface area contributed by atoms with Gasteiger partial charge in [-0.15, -0.1) is 0 Å². The van der Waals surface area contributed by atoms with Crippen LogP contribution in [0.1, 0.15) is 18.9 Å². The van der Waals surface area contributed by atoms with Crippen molar-refractivity contribution in [2.45, 2.75) is 19.5 Å². The third kappa shape index (κ3) is 3.41. The predicted octanol–water partition coefficient (Wildman–Crippen LogP) is 4.29. The van der Waals surface area contributed by atoms with E-state index in [0.717, 1.165) is 25.1 Å². The summed E-state index contributed by atoms with van der Waals surface area (Å²) in [4.78, 5) is 0. The minimum Gasteiger partial charge on any atom is -0.384 e. The smallest absolute Gasteiger partial charge is 0.384 e. The molecular formula is C10H11BrF3N. The second-order valence-electron chi connectivity index (χ2n) is 3.12. The van der Waals surface area contributed by atoms with Crippen LogP contribution >= 0.6 is 15.9 Å². The number of hydrogen-bond acceptors (Lipinski definition) is 1. The summed E-state index contributed by atoms with van der Waals surface area (Å²) < 4.78 is 37.4. The standard InChI is InChI=1S/C10H11BrF3N/c1-2-5-15-9-4-3-7(6-8(9)11)10(12,13)14/h3-4,6,15H,2,5H2,1H3. The van der Waals surface area contributed by atoms with Crippen molar-refractivity contribution in [3.8, 4) is 0 Å². The van der Waals surface area contributed by atoms with Crippen molar-refractivity contribution in [2.24, 2.45) is 0 Å². The van der Waals surface area contributed by atoms with Gasteiger partial charge in [-0.3, -0.25) is 0 Å². The molecule has 5 heteroatoms. The minimum absolute atomic E-state index is 0.436. The summed E-state index contributed by atoms with van der Waals surface area (Å²) in [5, 5.41) is 3.03. The van der Waals surface area contributed by atoms with Gasteiger partial charge in [-0.1, -0.05) is 6.92 Å². The van der Waals surface area contributed by atoms with E-state index in [1.54, 1.807) is 0 Å². The van der Waals surface area contributed by atoms with Crippen LogP contribution in [-0.2, 0) is 6.18 Å². The van der Waals surface area contributed by atoms with Crippen molar-refractivity contribution in [3.05, 3.63) is 28.2 Å². The highest BCUT2D eigenvalue weighted by atomic mass is 79.9. The first-order valence-electron chi connectivity index (χ1n) is 4.55. The normalized spacial score (nSPS) is 11.5. The highest BCUT2D eigenvalue weighted by Crippen LogP contribution is 2.33. The van der Waals surface area contributed by atoms with Gasteiger partial charge in [0.05, 0.1) is 5.56 Å². The fourth-order valence-electron chi connectivity index (χ4n) is 1.09. The number of hydrogen-bond donors (Lipinski definition) is 1. The third-order valence-corrected chi connectivity index (χ3v) is 2.52. The van der Waals surface area contributed by atoms with Crippen LogP contribution in [-0.4, -0.2) is 6.54 Å². The number of benzene rings is 1. The first-order chi connectivity index (χ1) is 6.95. The van der Waals surface area contributed by atoms with E-state index in [1.165, 1.54) is 6.07 Å². The molecule has 0 amide bonds. The Bertz CT molecular complexity index is 336. The molecule has 0 spiro atoms. The molecule has 0 bridgehead atoms. The van der Waals surface area contributed by atoms with Crippen LogP contribution in [0.15, 0.2) is 22.7 Å². The second-order valence-corrected chi connectivity index (χ2v) is 3.97. The molecule has 0 aliphatic carbocycles. The minimum atomic E-state index is -4.29. The van der Waals surface area contributed by atoms with Gasteiger partial charge < -0.3 is 5.32 Å². The lowest BCUT2D eigenvalue weighted by Crippen LogP contribution is -2.06. The van der Waals surface area contributed by atoms with Crippen LogP contribution in [0.25, 0.3) is 0 Å². The quantitative estimate of drug-likeness (QED) is 0.872. The van der Waals surface area contributed by atoms with Crippen LogP contribution in [0.2, 0.25) is 0 Å². The molecule has 1 nitrogen and oxygen atoms in total. The summed E-state index contributed by atoms with van der Waals surface area (Å²) in [5.41, 5.74) is 0.0428. The highest BCUT2D eigenvalue weighted by Gasteiger charge is 2.30. The number of anilines is 1. The molecular weight excluding hydrogens is 271 g/mol. The molecule has 0 radical (unpaired) electrons. The summed E-state index contributed by atoms with van der Waals surface area (Å²) in [6, 6.07) is 3.59. The van der Waals surface area contributed by atoms with Crippen molar-refractivity contribution < 1.29 is 13.2 Å².